The van der Waals surface area contributed by atoms with Crippen molar-refractivity contribution in [3.8, 4) is 0 Å². The average Bonchev–Trinajstić information content (AvgIpc) is 3.18. The molecule has 3 aromatic rings. The smallest absolute Gasteiger partial charge is 0.335 e. The molecule has 176 valence electrons. The molecule has 1 aliphatic heterocycles. The van der Waals surface area contributed by atoms with Crippen molar-refractivity contribution in [2.75, 3.05) is 7.11 Å². The zero-order valence-corrected chi connectivity index (χ0v) is 20.0. The molecule has 1 fully saturated rings. The molecule has 0 N–H and O–H groups in total. The first-order chi connectivity index (χ1) is 16.3. The van der Waals surface area contributed by atoms with Crippen LogP contribution in [0.15, 0.2) is 89.8 Å². The van der Waals surface area contributed by atoms with Gasteiger partial charge in [-0.25, -0.2) is 22.3 Å². The Labute approximate surface area is 199 Å². The number of carbonyl (C=O) groups is 2. The first kappa shape index (κ1) is 23.5. The van der Waals surface area contributed by atoms with Crippen molar-refractivity contribution in [3.05, 3.63) is 102 Å². The standard InChI is InChI=1S/C26H26N2O5S/c1-18-14-16-22(17-15-18)34(31,32)28-23(21-12-8-5-9-13-21)24(25(29)33-3)27(26(28)30)19(2)20-10-6-4-7-11-20/h4-17,19,23-24H,1-3H3. The van der Waals surface area contributed by atoms with Gasteiger partial charge in [0.25, 0.3) is 10.0 Å². The number of urea groups is 1. The third-order valence-electron chi connectivity index (χ3n) is 6.12. The van der Waals surface area contributed by atoms with Crippen LogP contribution in [0.2, 0.25) is 0 Å². The minimum atomic E-state index is -4.29. The van der Waals surface area contributed by atoms with Gasteiger partial charge >= 0.3 is 12.0 Å². The minimum absolute atomic E-state index is 0.0230. The molecule has 34 heavy (non-hydrogen) atoms. The highest BCUT2D eigenvalue weighted by atomic mass is 32.2. The second-order valence-corrected chi connectivity index (χ2v) is 10.0. The predicted molar refractivity (Wildman–Crippen MR) is 127 cm³/mol. The van der Waals surface area contributed by atoms with Crippen LogP contribution >= 0.6 is 0 Å². The lowest BCUT2D eigenvalue weighted by atomic mass is 9.98. The van der Waals surface area contributed by atoms with Crippen LogP contribution in [0, 0.1) is 6.92 Å². The van der Waals surface area contributed by atoms with Crippen LogP contribution in [0.1, 0.15) is 35.7 Å². The molecule has 0 aliphatic carbocycles. The number of rotatable bonds is 6. The van der Waals surface area contributed by atoms with Crippen molar-refractivity contribution in [2.45, 2.75) is 36.9 Å². The molecule has 0 radical (unpaired) electrons. The highest BCUT2D eigenvalue weighted by Gasteiger charge is 2.57. The molecule has 3 atom stereocenters. The van der Waals surface area contributed by atoms with Gasteiger partial charge in [-0.2, -0.15) is 0 Å². The Hall–Kier alpha value is -3.65. The normalized spacial score (nSPS) is 19.2. The Morgan fingerprint density at radius 2 is 1.47 bits per heavy atom. The van der Waals surface area contributed by atoms with E-state index in [0.29, 0.717) is 5.56 Å². The van der Waals surface area contributed by atoms with Crippen molar-refractivity contribution in [1.29, 1.82) is 0 Å². The first-order valence-electron chi connectivity index (χ1n) is 10.9. The maximum atomic E-state index is 13.9. The number of carbonyl (C=O) groups excluding carboxylic acids is 2. The zero-order chi connectivity index (χ0) is 24.5. The topological polar surface area (TPSA) is 84.0 Å². The molecule has 1 aliphatic rings. The summed E-state index contributed by atoms with van der Waals surface area (Å²) in [5.41, 5.74) is 2.17. The van der Waals surface area contributed by atoms with E-state index in [-0.39, 0.29) is 4.90 Å². The van der Waals surface area contributed by atoms with E-state index in [9.17, 15) is 18.0 Å². The molecular formula is C26H26N2O5S. The minimum Gasteiger partial charge on any atom is -0.467 e. The number of nitrogens with zero attached hydrogens (tertiary/aromatic N) is 2. The van der Waals surface area contributed by atoms with Crippen LogP contribution in [0.4, 0.5) is 4.79 Å². The average molecular weight is 479 g/mol. The largest absolute Gasteiger partial charge is 0.467 e. The lowest BCUT2D eigenvalue weighted by molar-refractivity contribution is -0.146. The Morgan fingerprint density at radius 1 is 0.912 bits per heavy atom. The first-order valence-corrected chi connectivity index (χ1v) is 12.3. The number of aryl methyl sites for hydroxylation is 1. The predicted octanol–water partition coefficient (Wildman–Crippen LogP) is 4.47. The van der Waals surface area contributed by atoms with E-state index in [2.05, 4.69) is 0 Å². The maximum Gasteiger partial charge on any atom is 0.335 e. The third-order valence-corrected chi connectivity index (χ3v) is 7.89. The molecule has 8 heteroatoms. The Morgan fingerprint density at radius 3 is 2.03 bits per heavy atom. The Bertz CT molecular complexity index is 1280. The molecule has 7 nitrogen and oxygen atoms in total. The lowest BCUT2D eigenvalue weighted by Crippen LogP contribution is -2.42. The van der Waals surface area contributed by atoms with E-state index in [1.807, 2.05) is 37.3 Å². The maximum absolute atomic E-state index is 13.9. The molecule has 4 rings (SSSR count). The van der Waals surface area contributed by atoms with Crippen molar-refractivity contribution >= 4 is 22.0 Å². The van der Waals surface area contributed by atoms with E-state index in [0.717, 1.165) is 15.4 Å². The summed E-state index contributed by atoms with van der Waals surface area (Å²) in [4.78, 5) is 28.3. The van der Waals surface area contributed by atoms with Gasteiger partial charge in [-0.05, 0) is 37.1 Å². The molecule has 3 aromatic carbocycles. The lowest BCUT2D eigenvalue weighted by Gasteiger charge is -2.29. The molecule has 2 amide bonds. The monoisotopic (exact) mass is 478 g/mol. The van der Waals surface area contributed by atoms with E-state index in [4.69, 9.17) is 4.74 Å². The number of methoxy groups -OCH3 is 1. The second kappa shape index (κ2) is 9.30. The Kier molecular flexibility index (Phi) is 6.43. The van der Waals surface area contributed by atoms with Gasteiger partial charge in [-0.3, -0.25) is 0 Å². The van der Waals surface area contributed by atoms with Gasteiger partial charge in [0, 0.05) is 0 Å². The number of benzene rings is 3. The highest BCUT2D eigenvalue weighted by Crippen LogP contribution is 2.43. The van der Waals surface area contributed by atoms with Gasteiger partial charge in [0.2, 0.25) is 0 Å². The molecule has 0 bridgehead atoms. The third kappa shape index (κ3) is 4.05. The summed E-state index contributed by atoms with van der Waals surface area (Å²) in [6.45, 7) is 3.62. The molecule has 0 saturated carbocycles. The van der Waals surface area contributed by atoms with Gasteiger partial charge in [-0.15, -0.1) is 0 Å². The number of ether oxygens (including phenoxy) is 1. The molecular weight excluding hydrogens is 452 g/mol. The van der Waals surface area contributed by atoms with Crippen molar-refractivity contribution in [2.24, 2.45) is 0 Å². The van der Waals surface area contributed by atoms with Crippen LogP contribution in [0.5, 0.6) is 0 Å². The summed E-state index contributed by atoms with van der Waals surface area (Å²) in [7, 11) is -3.06. The molecule has 3 unspecified atom stereocenters. The van der Waals surface area contributed by atoms with Crippen LogP contribution < -0.4 is 0 Å². The summed E-state index contributed by atoms with van der Waals surface area (Å²) >= 11 is 0. The fourth-order valence-electron chi connectivity index (χ4n) is 4.34. The van der Waals surface area contributed by atoms with Crippen molar-refractivity contribution in [3.63, 3.8) is 0 Å². The highest BCUT2D eigenvalue weighted by molar-refractivity contribution is 7.89. The van der Waals surface area contributed by atoms with Gasteiger partial charge in [0.1, 0.15) is 6.04 Å². The molecule has 0 spiro atoms. The van der Waals surface area contributed by atoms with Crippen LogP contribution in [0.3, 0.4) is 0 Å². The summed E-state index contributed by atoms with van der Waals surface area (Å²) in [5, 5.41) is 0. The fourth-order valence-corrected chi connectivity index (χ4v) is 5.88. The summed E-state index contributed by atoms with van der Waals surface area (Å²) in [5.74, 6) is -0.688. The summed E-state index contributed by atoms with van der Waals surface area (Å²) in [6, 6.07) is 20.5. The van der Waals surface area contributed by atoms with Crippen molar-refractivity contribution < 1.29 is 22.7 Å². The molecule has 1 heterocycles. The van der Waals surface area contributed by atoms with E-state index in [1.165, 1.54) is 24.1 Å². The second-order valence-electron chi connectivity index (χ2n) is 8.21. The van der Waals surface area contributed by atoms with Crippen LogP contribution in [-0.4, -0.2) is 42.8 Å². The van der Waals surface area contributed by atoms with Gasteiger partial charge in [0.15, 0.2) is 6.04 Å². The number of hydrogen-bond donors (Lipinski definition) is 0. The zero-order valence-electron chi connectivity index (χ0n) is 19.2. The van der Waals surface area contributed by atoms with Gasteiger partial charge < -0.3 is 9.64 Å². The Balaban J connectivity index is 1.92. The van der Waals surface area contributed by atoms with E-state index >= 15 is 0 Å². The fraction of sp³-hybridized carbons (Fsp3) is 0.231. The number of hydrogen-bond acceptors (Lipinski definition) is 5. The number of amides is 2. The SMILES string of the molecule is COC(=O)C1C(c2ccccc2)N(S(=O)(=O)c2ccc(C)cc2)C(=O)N1C(C)c1ccccc1. The quantitative estimate of drug-likeness (QED) is 0.488. The summed E-state index contributed by atoms with van der Waals surface area (Å²) in [6.07, 6.45) is 0. The van der Waals surface area contributed by atoms with Gasteiger partial charge in [0.05, 0.1) is 18.0 Å². The van der Waals surface area contributed by atoms with E-state index in [1.54, 1.807) is 49.4 Å². The van der Waals surface area contributed by atoms with Crippen LogP contribution in [-0.2, 0) is 19.6 Å². The number of esters is 1. The van der Waals surface area contributed by atoms with Crippen LogP contribution in [0.25, 0.3) is 0 Å². The summed E-state index contributed by atoms with van der Waals surface area (Å²) < 4.78 is 33.6. The molecule has 1 saturated heterocycles. The molecule has 0 aromatic heterocycles. The van der Waals surface area contributed by atoms with E-state index < -0.39 is 40.1 Å². The van der Waals surface area contributed by atoms with Crippen molar-refractivity contribution in [1.82, 2.24) is 9.21 Å². The van der Waals surface area contributed by atoms with Gasteiger partial charge in [-0.1, -0.05) is 78.4 Å². The number of sulfonamides is 1.